The molecule has 0 spiro atoms. The van der Waals surface area contributed by atoms with E-state index in [0.717, 1.165) is 24.4 Å². The molecule has 1 aromatic carbocycles. The lowest BCUT2D eigenvalue weighted by Gasteiger charge is -2.03. The first-order valence-electron chi connectivity index (χ1n) is 5.78. The van der Waals surface area contributed by atoms with Gasteiger partial charge in [-0.15, -0.1) is 0 Å². The van der Waals surface area contributed by atoms with E-state index in [2.05, 4.69) is 49.4 Å². The Morgan fingerprint density at radius 1 is 1.06 bits per heavy atom. The molecule has 0 aromatic heterocycles. The Kier molecular flexibility index (Phi) is 2.17. The van der Waals surface area contributed by atoms with Crippen LogP contribution in [-0.2, 0) is 6.42 Å². The van der Waals surface area contributed by atoms with Crippen LogP contribution in [0.4, 0.5) is 0 Å². The van der Waals surface area contributed by atoms with Crippen molar-refractivity contribution >= 4 is 10.8 Å². The Labute approximate surface area is 95.0 Å². The van der Waals surface area contributed by atoms with Crippen LogP contribution in [0.25, 0.3) is 22.1 Å². The summed E-state index contributed by atoms with van der Waals surface area (Å²) in [5, 5.41) is 2.54. The number of rotatable bonds is 2. The third-order valence-electron chi connectivity index (χ3n) is 2.98. The summed E-state index contributed by atoms with van der Waals surface area (Å²) in [6.45, 7) is 2.17. The van der Waals surface area contributed by atoms with E-state index in [-0.39, 0.29) is 0 Å². The summed E-state index contributed by atoms with van der Waals surface area (Å²) in [7, 11) is 0. The van der Waals surface area contributed by atoms with Crippen molar-refractivity contribution in [3.05, 3.63) is 48.2 Å². The fourth-order valence-corrected chi connectivity index (χ4v) is 2.21. The molecule has 16 heavy (non-hydrogen) atoms. The predicted octanol–water partition coefficient (Wildman–Crippen LogP) is 4.49. The van der Waals surface area contributed by atoms with E-state index < -0.39 is 0 Å². The van der Waals surface area contributed by atoms with Gasteiger partial charge in [0.1, 0.15) is 11.5 Å². The van der Waals surface area contributed by atoms with Gasteiger partial charge >= 0.3 is 0 Å². The molecule has 0 N–H and O–H groups in total. The highest BCUT2D eigenvalue weighted by Crippen LogP contribution is 2.34. The minimum Gasteiger partial charge on any atom is -0.461 e. The molecule has 0 amide bonds. The van der Waals surface area contributed by atoms with Gasteiger partial charge in [0.25, 0.3) is 0 Å². The molecular formula is C15H14O. The summed E-state index contributed by atoms with van der Waals surface area (Å²) in [4.78, 5) is 0. The smallest absolute Gasteiger partial charge is 0.135 e. The van der Waals surface area contributed by atoms with E-state index in [4.69, 9.17) is 4.42 Å². The molecule has 1 aromatic rings. The first-order chi connectivity index (χ1) is 7.88. The second kappa shape index (κ2) is 3.67. The van der Waals surface area contributed by atoms with Crippen molar-refractivity contribution in [1.29, 1.82) is 0 Å². The zero-order valence-electron chi connectivity index (χ0n) is 9.36. The molecule has 0 bridgehead atoms. The second-order valence-corrected chi connectivity index (χ2v) is 4.16. The molecule has 3 rings (SSSR count). The molecule has 0 saturated heterocycles. The van der Waals surface area contributed by atoms with E-state index in [1.165, 1.54) is 16.3 Å². The van der Waals surface area contributed by atoms with Crippen LogP contribution in [-0.4, -0.2) is 0 Å². The van der Waals surface area contributed by atoms with E-state index >= 15 is 0 Å². The Hall–Kier alpha value is -1.76. The van der Waals surface area contributed by atoms with Gasteiger partial charge in [0.05, 0.1) is 0 Å². The van der Waals surface area contributed by atoms with Crippen LogP contribution in [0.3, 0.4) is 0 Å². The van der Waals surface area contributed by atoms with Crippen LogP contribution in [0.15, 0.2) is 46.9 Å². The number of fused-ring (bicyclic) bond motifs is 3. The number of hydrogen-bond acceptors (Lipinski definition) is 1. The minimum absolute atomic E-state index is 1.01. The lowest BCUT2D eigenvalue weighted by Crippen LogP contribution is -1.84. The van der Waals surface area contributed by atoms with E-state index in [0.29, 0.717) is 0 Å². The van der Waals surface area contributed by atoms with Crippen molar-refractivity contribution in [3.8, 4) is 11.3 Å². The molecule has 0 atom stereocenters. The highest BCUT2D eigenvalue weighted by molar-refractivity contribution is 6.00. The van der Waals surface area contributed by atoms with Gasteiger partial charge in [0.2, 0.25) is 0 Å². The summed E-state index contributed by atoms with van der Waals surface area (Å²) in [5.41, 5.74) is 1.22. The van der Waals surface area contributed by atoms with Gasteiger partial charge in [0, 0.05) is 12.0 Å². The molecule has 1 aliphatic heterocycles. The largest absolute Gasteiger partial charge is 0.461 e. The maximum absolute atomic E-state index is 5.89. The third-order valence-corrected chi connectivity index (χ3v) is 2.98. The Bertz CT molecular complexity index is 592. The first kappa shape index (κ1) is 9.46. The minimum atomic E-state index is 1.01. The molecule has 2 aliphatic rings. The molecule has 1 aliphatic carbocycles. The summed E-state index contributed by atoms with van der Waals surface area (Å²) in [6.07, 6.45) is 2.13. The Morgan fingerprint density at radius 3 is 2.81 bits per heavy atom. The second-order valence-electron chi connectivity index (χ2n) is 4.16. The highest BCUT2D eigenvalue weighted by atomic mass is 16.3. The zero-order chi connectivity index (χ0) is 11.0. The third kappa shape index (κ3) is 1.40. The molecule has 0 unspecified atom stereocenters. The van der Waals surface area contributed by atoms with Crippen LogP contribution in [0.1, 0.15) is 19.1 Å². The van der Waals surface area contributed by atoms with Gasteiger partial charge in [-0.25, -0.2) is 0 Å². The van der Waals surface area contributed by atoms with Crippen LogP contribution in [0.5, 0.6) is 0 Å². The van der Waals surface area contributed by atoms with E-state index in [9.17, 15) is 0 Å². The topological polar surface area (TPSA) is 13.1 Å². The van der Waals surface area contributed by atoms with Gasteiger partial charge in [-0.05, 0) is 35.4 Å². The van der Waals surface area contributed by atoms with Gasteiger partial charge in [-0.1, -0.05) is 31.2 Å². The molecule has 0 fully saturated rings. The molecule has 0 saturated carbocycles. The van der Waals surface area contributed by atoms with Crippen molar-refractivity contribution < 1.29 is 4.42 Å². The van der Waals surface area contributed by atoms with Crippen molar-refractivity contribution in [2.24, 2.45) is 0 Å². The summed E-state index contributed by atoms with van der Waals surface area (Å²) in [6, 6.07) is 14.8. The van der Waals surface area contributed by atoms with Crippen LogP contribution < -0.4 is 0 Å². The molecule has 80 valence electrons. The van der Waals surface area contributed by atoms with Gasteiger partial charge in [-0.2, -0.15) is 0 Å². The molecule has 1 nitrogen and oxygen atoms in total. The standard InChI is InChI=1S/C15H14O/c1-2-5-12-8-9-14-13-7-4-3-6-11(13)10-15(14)16-12/h3-4,6-10H,2,5H2,1H3. The first-order valence-corrected chi connectivity index (χ1v) is 5.78. The normalized spacial score (nSPS) is 11.3. The molecule has 0 radical (unpaired) electrons. The fourth-order valence-electron chi connectivity index (χ4n) is 2.21. The van der Waals surface area contributed by atoms with Crippen molar-refractivity contribution in [2.45, 2.75) is 19.8 Å². The Balaban J connectivity index is 2.24. The Morgan fingerprint density at radius 2 is 1.94 bits per heavy atom. The SMILES string of the molecule is CCCc1ccc2c3ccccc3cc-2o1. The summed E-state index contributed by atoms with van der Waals surface area (Å²) >= 11 is 0. The fraction of sp³-hybridized carbons (Fsp3) is 0.200. The molecule has 1 heteroatoms. The summed E-state index contributed by atoms with van der Waals surface area (Å²) in [5.74, 6) is 2.08. The van der Waals surface area contributed by atoms with Crippen LogP contribution in [0.2, 0.25) is 0 Å². The summed E-state index contributed by atoms with van der Waals surface area (Å²) < 4.78 is 5.89. The van der Waals surface area contributed by atoms with Gasteiger partial charge < -0.3 is 4.42 Å². The maximum Gasteiger partial charge on any atom is 0.135 e. The molecular weight excluding hydrogens is 196 g/mol. The highest BCUT2D eigenvalue weighted by Gasteiger charge is 2.11. The van der Waals surface area contributed by atoms with Crippen LogP contribution >= 0.6 is 0 Å². The predicted molar refractivity (Wildman–Crippen MR) is 66.8 cm³/mol. The maximum atomic E-state index is 5.89. The quantitative estimate of drug-likeness (QED) is 0.607. The van der Waals surface area contributed by atoms with Gasteiger partial charge in [0.15, 0.2) is 0 Å². The average molecular weight is 210 g/mol. The number of aryl methyl sites for hydroxylation is 1. The number of hydrogen-bond donors (Lipinski definition) is 0. The van der Waals surface area contributed by atoms with Crippen molar-refractivity contribution in [3.63, 3.8) is 0 Å². The monoisotopic (exact) mass is 210 g/mol. The number of benzene rings is 1. The lowest BCUT2D eigenvalue weighted by molar-refractivity contribution is 0.504. The van der Waals surface area contributed by atoms with E-state index in [1.807, 2.05) is 0 Å². The van der Waals surface area contributed by atoms with Crippen molar-refractivity contribution in [2.75, 3.05) is 0 Å². The zero-order valence-corrected chi connectivity index (χ0v) is 9.36. The van der Waals surface area contributed by atoms with Crippen molar-refractivity contribution in [1.82, 2.24) is 0 Å². The molecule has 1 heterocycles. The van der Waals surface area contributed by atoms with Crippen LogP contribution in [0, 0.1) is 0 Å². The van der Waals surface area contributed by atoms with E-state index in [1.54, 1.807) is 0 Å². The lowest BCUT2D eigenvalue weighted by atomic mass is 10.1. The average Bonchev–Trinajstić information content (AvgIpc) is 2.67. The van der Waals surface area contributed by atoms with Gasteiger partial charge in [-0.3, -0.25) is 0 Å².